The van der Waals surface area contributed by atoms with Crippen molar-refractivity contribution in [3.63, 3.8) is 0 Å². The molecule has 1 aliphatic rings. The summed E-state index contributed by atoms with van der Waals surface area (Å²) in [6, 6.07) is 0. The minimum atomic E-state index is -4.64. The Hall–Kier alpha value is 0.1000. The molecule has 2 heterocycles. The maximum atomic E-state index is 12.9. The van der Waals surface area contributed by atoms with Crippen LogP contribution in [0.4, 0.5) is 4.39 Å². The quantitative estimate of drug-likeness (QED) is 0.391. The summed E-state index contributed by atoms with van der Waals surface area (Å²) in [4.78, 5) is 0. The van der Waals surface area contributed by atoms with Crippen molar-refractivity contribution in [2.75, 3.05) is 19.8 Å². The van der Waals surface area contributed by atoms with Crippen molar-refractivity contribution >= 4 is 21.5 Å². The molecule has 6 nitrogen and oxygen atoms in total. The molecule has 0 radical (unpaired) electrons. The second-order valence-corrected chi connectivity index (χ2v) is 6.22. The number of rotatable bonds is 6. The molecule has 1 aromatic heterocycles. The van der Waals surface area contributed by atoms with Crippen molar-refractivity contribution in [3.8, 4) is 11.5 Å². The van der Waals surface area contributed by atoms with Crippen LogP contribution in [-0.4, -0.2) is 44.4 Å². The molecule has 0 aliphatic carbocycles. The van der Waals surface area contributed by atoms with Crippen LogP contribution in [0.1, 0.15) is 7.85 Å². The van der Waals surface area contributed by atoms with Gasteiger partial charge in [0.25, 0.3) is 10.1 Å². The van der Waals surface area contributed by atoms with E-state index in [1.165, 1.54) is 11.3 Å². The van der Waals surface area contributed by atoms with Gasteiger partial charge in [0.1, 0.15) is 6.61 Å². The minimum absolute atomic E-state index is 0. The van der Waals surface area contributed by atoms with Gasteiger partial charge in [0, 0.05) is 17.2 Å². The van der Waals surface area contributed by atoms with Gasteiger partial charge in [-0.15, -0.1) is 11.3 Å². The summed E-state index contributed by atoms with van der Waals surface area (Å²) in [5.74, 6) is 1.34. The molecule has 20 heavy (non-hydrogen) atoms. The molecule has 1 aromatic rings. The SMILES string of the molecule is O=S(=O)(O)C(F)CCOCC1COc2cscc2O1.[H-].[Na+]. The van der Waals surface area contributed by atoms with Crippen LogP contribution in [0.5, 0.6) is 11.5 Å². The summed E-state index contributed by atoms with van der Waals surface area (Å²) >= 11 is 1.46. The van der Waals surface area contributed by atoms with Crippen molar-refractivity contribution < 1.29 is 62.6 Å². The van der Waals surface area contributed by atoms with Crippen LogP contribution in [0.15, 0.2) is 10.8 Å². The Bertz CT molecular complexity index is 525. The van der Waals surface area contributed by atoms with E-state index in [0.717, 1.165) is 0 Å². The van der Waals surface area contributed by atoms with E-state index in [-0.39, 0.29) is 50.3 Å². The molecular formula is C10H14FNaO6S2. The number of alkyl halides is 1. The first-order valence-electron chi connectivity index (χ1n) is 5.50. The summed E-state index contributed by atoms with van der Waals surface area (Å²) in [5.41, 5.74) is -2.32. The van der Waals surface area contributed by atoms with E-state index in [9.17, 15) is 12.8 Å². The summed E-state index contributed by atoms with van der Waals surface area (Å²) < 4.78 is 58.2. The zero-order chi connectivity index (χ0) is 13.9. The number of thiophene rings is 1. The molecule has 2 atom stereocenters. The molecule has 0 saturated carbocycles. The van der Waals surface area contributed by atoms with Gasteiger partial charge in [-0.25, -0.2) is 4.39 Å². The standard InChI is InChI=1S/C10H13FO6S2.Na.H/c11-10(19(12,13)14)1-2-15-3-7-4-16-8-5-18-6-9(8)17-7;;/h5-7,10H,1-4H2,(H,12,13,14);;/q;+1;-1. The van der Waals surface area contributed by atoms with E-state index < -0.39 is 22.0 Å². The topological polar surface area (TPSA) is 82.1 Å². The van der Waals surface area contributed by atoms with Gasteiger partial charge in [-0.2, -0.15) is 8.42 Å². The van der Waals surface area contributed by atoms with Crippen LogP contribution in [0.25, 0.3) is 0 Å². The smallest absolute Gasteiger partial charge is 1.00 e. The van der Waals surface area contributed by atoms with Gasteiger partial charge in [0.15, 0.2) is 17.6 Å². The maximum absolute atomic E-state index is 12.9. The zero-order valence-corrected chi connectivity index (χ0v) is 14.5. The third-order valence-electron chi connectivity index (χ3n) is 2.43. The predicted molar refractivity (Wildman–Crippen MR) is 67.2 cm³/mol. The van der Waals surface area contributed by atoms with Crippen LogP contribution in [-0.2, 0) is 14.9 Å². The molecule has 0 fully saturated rings. The number of fused-ring (bicyclic) bond motifs is 1. The van der Waals surface area contributed by atoms with Crippen LogP contribution in [0.3, 0.4) is 0 Å². The first-order chi connectivity index (χ1) is 8.97. The third kappa shape index (κ3) is 5.14. The van der Waals surface area contributed by atoms with E-state index in [4.69, 9.17) is 18.8 Å². The normalized spacial score (nSPS) is 19.2. The van der Waals surface area contributed by atoms with E-state index in [1.54, 1.807) is 5.38 Å². The van der Waals surface area contributed by atoms with E-state index >= 15 is 0 Å². The fourth-order valence-electron chi connectivity index (χ4n) is 1.48. The largest absolute Gasteiger partial charge is 1.00 e. The van der Waals surface area contributed by atoms with Gasteiger partial charge in [0.05, 0.1) is 13.2 Å². The van der Waals surface area contributed by atoms with Gasteiger partial charge >= 0.3 is 29.6 Å². The first kappa shape index (κ1) is 18.1. The van der Waals surface area contributed by atoms with Gasteiger partial charge < -0.3 is 15.6 Å². The Morgan fingerprint density at radius 2 is 2.25 bits per heavy atom. The Morgan fingerprint density at radius 3 is 2.95 bits per heavy atom. The monoisotopic (exact) mass is 336 g/mol. The van der Waals surface area contributed by atoms with Crippen molar-refractivity contribution in [3.05, 3.63) is 10.8 Å². The van der Waals surface area contributed by atoms with Crippen molar-refractivity contribution in [1.82, 2.24) is 0 Å². The minimum Gasteiger partial charge on any atom is -1.00 e. The third-order valence-corrected chi connectivity index (χ3v) is 4.01. The molecule has 2 rings (SSSR count). The molecule has 1 N–H and O–H groups in total. The Balaban J connectivity index is 0.00000200. The molecule has 1 aliphatic heterocycles. The number of ether oxygens (including phenoxy) is 3. The van der Waals surface area contributed by atoms with Crippen LogP contribution >= 0.6 is 11.3 Å². The first-order valence-corrected chi connectivity index (χ1v) is 7.95. The number of hydrogen-bond donors (Lipinski definition) is 1. The zero-order valence-electron chi connectivity index (χ0n) is 11.8. The van der Waals surface area contributed by atoms with E-state index in [2.05, 4.69) is 0 Å². The van der Waals surface area contributed by atoms with E-state index in [0.29, 0.717) is 18.1 Å². The van der Waals surface area contributed by atoms with Crippen LogP contribution in [0, 0.1) is 0 Å². The average Bonchev–Trinajstić information content (AvgIpc) is 2.80. The maximum Gasteiger partial charge on any atom is 1.00 e. The number of hydrogen-bond acceptors (Lipinski definition) is 6. The van der Waals surface area contributed by atoms with Crippen molar-refractivity contribution in [2.45, 2.75) is 18.0 Å². The Morgan fingerprint density at radius 1 is 1.55 bits per heavy atom. The summed E-state index contributed by atoms with van der Waals surface area (Å²) in [6.07, 6.45) is -0.735. The van der Waals surface area contributed by atoms with E-state index in [1.807, 2.05) is 5.38 Å². The molecule has 10 heteroatoms. The molecule has 2 unspecified atom stereocenters. The summed E-state index contributed by atoms with van der Waals surface area (Å²) in [6.45, 7) is 0.353. The summed E-state index contributed by atoms with van der Waals surface area (Å²) in [5, 5.41) is 3.63. The Labute approximate surface area is 143 Å². The molecule has 0 aromatic carbocycles. The fraction of sp³-hybridized carbons (Fsp3) is 0.600. The predicted octanol–water partition coefficient (Wildman–Crippen LogP) is -1.41. The van der Waals surface area contributed by atoms with Crippen LogP contribution in [0.2, 0.25) is 0 Å². The molecule has 0 amide bonds. The molecule has 110 valence electrons. The summed E-state index contributed by atoms with van der Waals surface area (Å²) in [7, 11) is -4.64. The van der Waals surface area contributed by atoms with Gasteiger partial charge in [0.2, 0.25) is 5.50 Å². The van der Waals surface area contributed by atoms with Crippen molar-refractivity contribution in [1.29, 1.82) is 0 Å². The van der Waals surface area contributed by atoms with Crippen molar-refractivity contribution in [2.24, 2.45) is 0 Å². The molecule has 0 bridgehead atoms. The number of halogens is 1. The molecule has 0 saturated heterocycles. The molecule has 0 spiro atoms. The average molecular weight is 336 g/mol. The molecular weight excluding hydrogens is 322 g/mol. The second-order valence-electron chi connectivity index (χ2n) is 3.94. The van der Waals surface area contributed by atoms with Crippen LogP contribution < -0.4 is 39.0 Å². The van der Waals surface area contributed by atoms with Gasteiger partial charge in [-0.3, -0.25) is 4.55 Å². The Kier molecular flexibility index (Phi) is 7.19. The van der Waals surface area contributed by atoms with Gasteiger partial charge in [-0.1, -0.05) is 0 Å². The second kappa shape index (κ2) is 7.92. The van der Waals surface area contributed by atoms with Gasteiger partial charge in [-0.05, 0) is 0 Å². The fourth-order valence-corrected chi connectivity index (χ4v) is 2.55.